The van der Waals surface area contributed by atoms with Crippen LogP contribution in [0.4, 0.5) is 0 Å². The summed E-state index contributed by atoms with van der Waals surface area (Å²) in [7, 11) is 0. The van der Waals surface area contributed by atoms with Gasteiger partial charge in [0.15, 0.2) is 0 Å². The zero-order valence-corrected chi connectivity index (χ0v) is 9.49. The third-order valence-corrected chi connectivity index (χ3v) is 2.12. The highest BCUT2D eigenvalue weighted by Crippen LogP contribution is 2.17. The first-order valence-electron chi connectivity index (χ1n) is 4.92. The van der Waals surface area contributed by atoms with Crippen LogP contribution in [-0.2, 0) is 0 Å². The van der Waals surface area contributed by atoms with Gasteiger partial charge in [0.05, 0.1) is 6.04 Å². The van der Waals surface area contributed by atoms with Gasteiger partial charge in [0.25, 0.3) is 0 Å². The highest BCUT2D eigenvalue weighted by molar-refractivity contribution is 4.86. The van der Waals surface area contributed by atoms with Gasteiger partial charge in [-0.1, -0.05) is 0 Å². The number of hydrogen-bond donors (Lipinski definition) is 0. The second-order valence-corrected chi connectivity index (χ2v) is 3.44. The van der Waals surface area contributed by atoms with Gasteiger partial charge in [0, 0.05) is 0 Å². The van der Waals surface area contributed by atoms with Crippen molar-refractivity contribution in [2.45, 2.75) is 40.7 Å². The minimum Gasteiger partial charge on any atom is -0.244 e. The van der Waals surface area contributed by atoms with Crippen molar-refractivity contribution >= 4 is 0 Å². The number of nitrogens with zero attached hydrogens (tertiary/aromatic N) is 1. The summed E-state index contributed by atoms with van der Waals surface area (Å²) in [5.74, 6) is 0. The molecule has 1 nitrogen and oxygen atoms in total. The summed E-state index contributed by atoms with van der Waals surface area (Å²) < 4.78 is 0.795. The molecule has 0 radical (unpaired) electrons. The molecule has 0 saturated carbocycles. The fourth-order valence-electron chi connectivity index (χ4n) is 1.44. The Morgan fingerprint density at radius 3 is 1.23 bits per heavy atom. The lowest BCUT2D eigenvalue weighted by atomic mass is 10.2. The predicted octanol–water partition coefficient (Wildman–Crippen LogP) is 3.81. The largest absolute Gasteiger partial charge is 0.244 e. The van der Waals surface area contributed by atoms with Crippen molar-refractivity contribution in [1.29, 1.82) is 0 Å². The SMILES string of the molecule is CC=C[N+](C=CC)(C=CC)C(C)C. The Balaban J connectivity index is 5.03. The number of allylic oxidation sites excluding steroid dienone is 3. The highest BCUT2D eigenvalue weighted by Gasteiger charge is 2.22. The van der Waals surface area contributed by atoms with Crippen LogP contribution >= 0.6 is 0 Å². The smallest absolute Gasteiger partial charge is 0.101 e. The molecule has 0 N–H and O–H groups in total. The van der Waals surface area contributed by atoms with E-state index in [-0.39, 0.29) is 0 Å². The summed E-state index contributed by atoms with van der Waals surface area (Å²) in [6.07, 6.45) is 12.9. The lowest BCUT2D eigenvalue weighted by Gasteiger charge is -2.30. The minimum atomic E-state index is 0.531. The van der Waals surface area contributed by atoms with Gasteiger partial charge in [-0.15, -0.1) is 0 Å². The average Bonchev–Trinajstić information content (AvgIpc) is 2.05. The van der Waals surface area contributed by atoms with Crippen LogP contribution in [0.25, 0.3) is 0 Å². The van der Waals surface area contributed by atoms with Crippen molar-refractivity contribution < 1.29 is 4.48 Å². The third kappa shape index (κ3) is 3.19. The van der Waals surface area contributed by atoms with Crippen LogP contribution in [0.15, 0.2) is 36.8 Å². The first-order chi connectivity index (χ1) is 6.13. The van der Waals surface area contributed by atoms with E-state index >= 15 is 0 Å². The van der Waals surface area contributed by atoms with E-state index < -0.39 is 0 Å². The normalized spacial score (nSPS) is 18.0. The Kier molecular flexibility index (Phi) is 5.40. The maximum atomic E-state index is 2.22. The summed E-state index contributed by atoms with van der Waals surface area (Å²) in [5.41, 5.74) is 0. The predicted molar refractivity (Wildman–Crippen MR) is 59.8 cm³/mol. The van der Waals surface area contributed by atoms with Gasteiger partial charge in [-0.25, -0.2) is 4.48 Å². The maximum absolute atomic E-state index is 2.22. The second kappa shape index (κ2) is 5.76. The number of hydrogen-bond acceptors (Lipinski definition) is 0. The monoisotopic (exact) mass is 180 g/mol. The molecule has 74 valence electrons. The van der Waals surface area contributed by atoms with Crippen LogP contribution in [0, 0.1) is 0 Å². The van der Waals surface area contributed by atoms with Crippen molar-refractivity contribution in [3.63, 3.8) is 0 Å². The molecule has 0 unspecified atom stereocenters. The summed E-state index contributed by atoms with van der Waals surface area (Å²) in [6, 6.07) is 0.531. The molecule has 0 fully saturated rings. The van der Waals surface area contributed by atoms with Crippen LogP contribution in [0.3, 0.4) is 0 Å². The molecular formula is C12H22N+. The summed E-state index contributed by atoms with van der Waals surface area (Å²) >= 11 is 0. The van der Waals surface area contributed by atoms with Crippen molar-refractivity contribution in [2.24, 2.45) is 0 Å². The topological polar surface area (TPSA) is 0 Å². The number of quaternary nitrogens is 1. The molecule has 0 aliphatic heterocycles. The molecule has 0 rings (SSSR count). The van der Waals surface area contributed by atoms with E-state index in [1.165, 1.54) is 0 Å². The first-order valence-corrected chi connectivity index (χ1v) is 4.92. The standard InChI is InChI=1S/C12H22N/c1-6-9-13(10-7-2,11-8-3)12(4)5/h6-12H,1-5H3/q+1. The van der Waals surface area contributed by atoms with Crippen molar-refractivity contribution in [1.82, 2.24) is 0 Å². The fourth-order valence-corrected chi connectivity index (χ4v) is 1.44. The molecule has 0 aliphatic rings. The Labute approximate surface area is 82.7 Å². The molecule has 0 atom stereocenters. The van der Waals surface area contributed by atoms with E-state index in [0.29, 0.717) is 6.04 Å². The highest BCUT2D eigenvalue weighted by atomic mass is 15.3. The zero-order valence-electron chi connectivity index (χ0n) is 9.49. The van der Waals surface area contributed by atoms with Crippen molar-refractivity contribution in [3.05, 3.63) is 36.8 Å². The molecule has 0 aromatic rings. The van der Waals surface area contributed by atoms with Crippen LogP contribution in [-0.4, -0.2) is 10.5 Å². The molecule has 0 amide bonds. The molecule has 0 spiro atoms. The molecule has 0 bridgehead atoms. The van der Waals surface area contributed by atoms with Crippen LogP contribution in [0.2, 0.25) is 0 Å². The Morgan fingerprint density at radius 2 is 1.08 bits per heavy atom. The van der Waals surface area contributed by atoms with Gasteiger partial charge in [-0.3, -0.25) is 0 Å². The quantitative estimate of drug-likeness (QED) is 0.577. The minimum absolute atomic E-state index is 0.531. The van der Waals surface area contributed by atoms with Gasteiger partial charge in [0.2, 0.25) is 0 Å². The van der Waals surface area contributed by atoms with E-state index in [0.717, 1.165) is 4.48 Å². The van der Waals surface area contributed by atoms with Gasteiger partial charge < -0.3 is 0 Å². The molecule has 0 aromatic heterocycles. The Bertz CT molecular complexity index is 178. The van der Waals surface area contributed by atoms with Crippen LogP contribution in [0.1, 0.15) is 34.6 Å². The summed E-state index contributed by atoms with van der Waals surface area (Å²) in [5, 5.41) is 0. The van der Waals surface area contributed by atoms with E-state index in [1.807, 2.05) is 0 Å². The lowest BCUT2D eigenvalue weighted by molar-refractivity contribution is -0.797. The zero-order chi connectivity index (χ0) is 10.3. The first kappa shape index (κ1) is 12.2. The Hall–Kier alpha value is -0.820. The van der Waals surface area contributed by atoms with E-state index in [9.17, 15) is 0 Å². The van der Waals surface area contributed by atoms with E-state index in [4.69, 9.17) is 0 Å². The molecule has 0 saturated heterocycles. The van der Waals surface area contributed by atoms with E-state index in [2.05, 4.69) is 71.4 Å². The number of rotatable bonds is 4. The van der Waals surface area contributed by atoms with Crippen LogP contribution in [0.5, 0.6) is 0 Å². The molecule has 0 aliphatic carbocycles. The van der Waals surface area contributed by atoms with E-state index in [1.54, 1.807) is 0 Å². The van der Waals surface area contributed by atoms with Gasteiger partial charge in [-0.2, -0.15) is 0 Å². The summed E-state index contributed by atoms with van der Waals surface area (Å²) in [6.45, 7) is 10.6. The van der Waals surface area contributed by atoms with Crippen LogP contribution < -0.4 is 0 Å². The fraction of sp³-hybridized carbons (Fsp3) is 0.500. The second-order valence-electron chi connectivity index (χ2n) is 3.44. The molecule has 1 heteroatoms. The summed E-state index contributed by atoms with van der Waals surface area (Å²) in [4.78, 5) is 0. The van der Waals surface area contributed by atoms with Crippen molar-refractivity contribution in [2.75, 3.05) is 0 Å². The maximum Gasteiger partial charge on any atom is 0.101 e. The Morgan fingerprint density at radius 1 is 0.769 bits per heavy atom. The van der Waals surface area contributed by atoms with Gasteiger partial charge in [-0.05, 0) is 52.8 Å². The van der Waals surface area contributed by atoms with Crippen molar-refractivity contribution in [3.8, 4) is 0 Å². The molecule has 13 heavy (non-hydrogen) atoms. The molecule has 0 heterocycles. The lowest BCUT2D eigenvalue weighted by Crippen LogP contribution is -2.37. The molecule has 0 aromatic carbocycles. The average molecular weight is 180 g/mol. The third-order valence-electron chi connectivity index (χ3n) is 2.12. The van der Waals surface area contributed by atoms with Gasteiger partial charge >= 0.3 is 0 Å². The van der Waals surface area contributed by atoms with Gasteiger partial charge in [0.1, 0.15) is 18.6 Å². The molecular weight excluding hydrogens is 158 g/mol.